The molecule has 2 N–H and O–H groups in total. The van der Waals surface area contributed by atoms with Gasteiger partial charge in [0.2, 0.25) is 0 Å². The summed E-state index contributed by atoms with van der Waals surface area (Å²) < 4.78 is 10.7. The molecule has 94 valence electrons. The molecule has 0 aliphatic carbocycles. The lowest BCUT2D eigenvalue weighted by molar-refractivity contribution is -0.0101. The highest BCUT2D eigenvalue weighted by molar-refractivity contribution is 5.30. The standard InChI is InChI=1S/C13H18O4/c14-11-1-3-12(4-2-11)17-9-13(15)10-5-7-16-8-6-10/h1-4,10,13-15H,5-9H2. The zero-order chi connectivity index (χ0) is 12.1. The number of aliphatic hydroxyl groups is 1. The Morgan fingerprint density at radius 3 is 2.53 bits per heavy atom. The first-order valence-electron chi connectivity index (χ1n) is 5.93. The van der Waals surface area contributed by atoms with Crippen LogP contribution in [0, 0.1) is 5.92 Å². The van der Waals surface area contributed by atoms with E-state index in [-0.39, 0.29) is 18.3 Å². The van der Waals surface area contributed by atoms with Crippen LogP contribution in [-0.4, -0.2) is 36.1 Å². The van der Waals surface area contributed by atoms with Crippen LogP contribution in [0.2, 0.25) is 0 Å². The average Bonchev–Trinajstić information content (AvgIpc) is 2.39. The second kappa shape index (κ2) is 5.89. The summed E-state index contributed by atoms with van der Waals surface area (Å²) in [5, 5.41) is 19.1. The highest BCUT2D eigenvalue weighted by atomic mass is 16.5. The molecule has 0 aromatic heterocycles. The Morgan fingerprint density at radius 1 is 1.24 bits per heavy atom. The van der Waals surface area contributed by atoms with E-state index in [1.54, 1.807) is 24.3 Å². The van der Waals surface area contributed by atoms with Gasteiger partial charge in [-0.3, -0.25) is 0 Å². The third-order valence-electron chi connectivity index (χ3n) is 3.07. The fourth-order valence-corrected chi connectivity index (χ4v) is 1.96. The fourth-order valence-electron chi connectivity index (χ4n) is 1.96. The summed E-state index contributed by atoms with van der Waals surface area (Å²) in [5.74, 6) is 1.14. The van der Waals surface area contributed by atoms with Crippen molar-refractivity contribution in [2.75, 3.05) is 19.8 Å². The van der Waals surface area contributed by atoms with E-state index in [1.165, 1.54) is 0 Å². The molecule has 4 nitrogen and oxygen atoms in total. The van der Waals surface area contributed by atoms with Crippen LogP contribution < -0.4 is 4.74 Å². The SMILES string of the molecule is Oc1ccc(OCC(O)C2CCOCC2)cc1. The number of hydrogen-bond acceptors (Lipinski definition) is 4. The molecule has 0 saturated carbocycles. The lowest BCUT2D eigenvalue weighted by Gasteiger charge is -2.26. The molecule has 0 amide bonds. The van der Waals surface area contributed by atoms with E-state index < -0.39 is 6.10 Å². The molecule has 1 unspecified atom stereocenters. The maximum Gasteiger partial charge on any atom is 0.119 e. The lowest BCUT2D eigenvalue weighted by Crippen LogP contribution is -2.31. The molecule has 1 aromatic rings. The Morgan fingerprint density at radius 2 is 1.88 bits per heavy atom. The van der Waals surface area contributed by atoms with Crippen molar-refractivity contribution in [2.24, 2.45) is 5.92 Å². The van der Waals surface area contributed by atoms with E-state index in [2.05, 4.69) is 0 Å². The van der Waals surface area contributed by atoms with Gasteiger partial charge in [0.1, 0.15) is 18.1 Å². The van der Waals surface area contributed by atoms with Gasteiger partial charge in [0.15, 0.2) is 0 Å². The minimum Gasteiger partial charge on any atom is -0.508 e. The topological polar surface area (TPSA) is 58.9 Å². The van der Waals surface area contributed by atoms with Crippen molar-refractivity contribution in [3.63, 3.8) is 0 Å². The molecule has 2 rings (SSSR count). The van der Waals surface area contributed by atoms with Gasteiger partial charge >= 0.3 is 0 Å². The highest BCUT2D eigenvalue weighted by Crippen LogP contribution is 2.21. The van der Waals surface area contributed by atoms with Crippen LogP contribution in [-0.2, 0) is 4.74 Å². The maximum atomic E-state index is 9.96. The summed E-state index contributed by atoms with van der Waals surface area (Å²) in [6.45, 7) is 1.73. The first-order valence-corrected chi connectivity index (χ1v) is 5.93. The van der Waals surface area contributed by atoms with E-state index in [0.717, 1.165) is 26.1 Å². The van der Waals surface area contributed by atoms with E-state index >= 15 is 0 Å². The predicted octanol–water partition coefficient (Wildman–Crippen LogP) is 1.56. The van der Waals surface area contributed by atoms with Crippen LogP contribution in [0.1, 0.15) is 12.8 Å². The van der Waals surface area contributed by atoms with E-state index in [9.17, 15) is 5.11 Å². The van der Waals surface area contributed by atoms with Crippen molar-refractivity contribution < 1.29 is 19.7 Å². The summed E-state index contributed by atoms with van der Waals surface area (Å²) in [5.41, 5.74) is 0. The summed E-state index contributed by atoms with van der Waals surface area (Å²) in [6, 6.07) is 6.50. The summed E-state index contributed by atoms with van der Waals surface area (Å²) in [4.78, 5) is 0. The average molecular weight is 238 g/mol. The minimum absolute atomic E-state index is 0.210. The van der Waals surface area contributed by atoms with E-state index in [0.29, 0.717) is 5.75 Å². The monoisotopic (exact) mass is 238 g/mol. The van der Waals surface area contributed by atoms with E-state index in [4.69, 9.17) is 14.6 Å². The molecule has 17 heavy (non-hydrogen) atoms. The van der Waals surface area contributed by atoms with Gasteiger partial charge in [0, 0.05) is 13.2 Å². The van der Waals surface area contributed by atoms with Gasteiger partial charge in [-0.1, -0.05) is 0 Å². The van der Waals surface area contributed by atoms with Crippen LogP contribution in [0.4, 0.5) is 0 Å². The highest BCUT2D eigenvalue weighted by Gasteiger charge is 2.22. The van der Waals surface area contributed by atoms with Crippen molar-refractivity contribution in [1.82, 2.24) is 0 Å². The Hall–Kier alpha value is -1.26. The van der Waals surface area contributed by atoms with Gasteiger partial charge < -0.3 is 19.7 Å². The zero-order valence-corrected chi connectivity index (χ0v) is 9.71. The summed E-state index contributed by atoms with van der Waals surface area (Å²) >= 11 is 0. The second-order valence-electron chi connectivity index (χ2n) is 4.32. The largest absolute Gasteiger partial charge is 0.508 e. The maximum absolute atomic E-state index is 9.96. The number of phenols is 1. The van der Waals surface area contributed by atoms with Crippen molar-refractivity contribution in [3.05, 3.63) is 24.3 Å². The zero-order valence-electron chi connectivity index (χ0n) is 9.71. The van der Waals surface area contributed by atoms with Gasteiger partial charge in [-0.25, -0.2) is 0 Å². The van der Waals surface area contributed by atoms with Gasteiger partial charge in [-0.05, 0) is 43.0 Å². The van der Waals surface area contributed by atoms with Crippen molar-refractivity contribution in [3.8, 4) is 11.5 Å². The van der Waals surface area contributed by atoms with Gasteiger partial charge in [0.25, 0.3) is 0 Å². The first-order chi connectivity index (χ1) is 8.25. The predicted molar refractivity (Wildman–Crippen MR) is 63.2 cm³/mol. The normalized spacial score (nSPS) is 18.9. The number of rotatable bonds is 4. The molecule has 1 atom stereocenters. The Bertz CT molecular complexity index is 330. The van der Waals surface area contributed by atoms with Crippen LogP contribution in [0.3, 0.4) is 0 Å². The van der Waals surface area contributed by atoms with Crippen LogP contribution >= 0.6 is 0 Å². The molecule has 0 spiro atoms. The third-order valence-corrected chi connectivity index (χ3v) is 3.07. The quantitative estimate of drug-likeness (QED) is 0.835. The van der Waals surface area contributed by atoms with Crippen molar-refractivity contribution in [1.29, 1.82) is 0 Å². The Labute approximate surface area is 101 Å². The van der Waals surface area contributed by atoms with Crippen LogP contribution in [0.25, 0.3) is 0 Å². The molecule has 1 saturated heterocycles. The van der Waals surface area contributed by atoms with Crippen molar-refractivity contribution in [2.45, 2.75) is 18.9 Å². The molecule has 0 bridgehead atoms. The van der Waals surface area contributed by atoms with Crippen molar-refractivity contribution >= 4 is 0 Å². The Balaban J connectivity index is 1.78. The number of aliphatic hydroxyl groups excluding tert-OH is 1. The molecular weight excluding hydrogens is 220 g/mol. The number of ether oxygens (including phenoxy) is 2. The van der Waals surface area contributed by atoms with E-state index in [1.807, 2.05) is 0 Å². The fraction of sp³-hybridized carbons (Fsp3) is 0.538. The molecule has 1 aliphatic heterocycles. The van der Waals surface area contributed by atoms with Gasteiger partial charge in [-0.2, -0.15) is 0 Å². The number of aromatic hydroxyl groups is 1. The molecule has 0 radical (unpaired) electrons. The smallest absolute Gasteiger partial charge is 0.119 e. The minimum atomic E-state index is -0.451. The lowest BCUT2D eigenvalue weighted by atomic mass is 9.94. The Kier molecular flexibility index (Phi) is 4.23. The van der Waals surface area contributed by atoms with Gasteiger partial charge in [0.05, 0.1) is 6.10 Å². The number of phenolic OH excluding ortho intramolecular Hbond substituents is 1. The van der Waals surface area contributed by atoms with Gasteiger partial charge in [-0.15, -0.1) is 0 Å². The molecular formula is C13H18O4. The first kappa shape index (κ1) is 12.2. The molecule has 1 fully saturated rings. The molecule has 1 aliphatic rings. The molecule has 4 heteroatoms. The summed E-state index contributed by atoms with van der Waals surface area (Å²) in [6.07, 6.45) is 1.33. The number of hydrogen-bond donors (Lipinski definition) is 2. The summed E-state index contributed by atoms with van der Waals surface area (Å²) in [7, 11) is 0. The third kappa shape index (κ3) is 3.61. The van der Waals surface area contributed by atoms with Crippen LogP contribution in [0.5, 0.6) is 11.5 Å². The second-order valence-corrected chi connectivity index (χ2v) is 4.32. The van der Waals surface area contributed by atoms with Crippen LogP contribution in [0.15, 0.2) is 24.3 Å². The molecule has 1 heterocycles. The molecule has 1 aromatic carbocycles. The number of benzene rings is 1.